The van der Waals surface area contributed by atoms with Gasteiger partial charge in [0.15, 0.2) is 0 Å². The predicted octanol–water partition coefficient (Wildman–Crippen LogP) is 1.61. The Kier molecular flexibility index (Phi) is 5.92. The highest BCUT2D eigenvalue weighted by Gasteiger charge is 2.28. The van der Waals surface area contributed by atoms with Crippen LogP contribution in [0.2, 0.25) is 0 Å². The molecular formula is C13H25NO3. The number of aliphatic hydroxyl groups is 1. The topological polar surface area (TPSA) is 58.6 Å². The summed E-state index contributed by atoms with van der Waals surface area (Å²) in [6.07, 6.45) is 4.75. The van der Waals surface area contributed by atoms with Crippen LogP contribution in [0, 0.1) is 0 Å². The normalized spacial score (nSPS) is 20.5. The molecule has 100 valence electrons. The van der Waals surface area contributed by atoms with E-state index in [-0.39, 0.29) is 12.0 Å². The third kappa shape index (κ3) is 4.64. The first kappa shape index (κ1) is 14.5. The number of carbonyl (C=O) groups is 1. The second-order valence-electron chi connectivity index (χ2n) is 4.94. The van der Waals surface area contributed by atoms with E-state index in [0.717, 1.165) is 38.5 Å². The van der Waals surface area contributed by atoms with Crippen LogP contribution in [0.15, 0.2) is 0 Å². The molecule has 2 N–H and O–H groups in total. The number of rotatable bonds is 7. The predicted molar refractivity (Wildman–Crippen MR) is 66.7 cm³/mol. The third-order valence-corrected chi connectivity index (χ3v) is 3.24. The molecular weight excluding hydrogens is 218 g/mol. The zero-order valence-corrected chi connectivity index (χ0v) is 11.0. The molecule has 1 saturated heterocycles. The van der Waals surface area contributed by atoms with Gasteiger partial charge in [-0.05, 0) is 25.7 Å². The summed E-state index contributed by atoms with van der Waals surface area (Å²) in [5, 5.41) is 13.2. The van der Waals surface area contributed by atoms with Gasteiger partial charge in [0.25, 0.3) is 0 Å². The van der Waals surface area contributed by atoms with E-state index in [1.54, 1.807) is 0 Å². The Morgan fingerprint density at radius 2 is 2.06 bits per heavy atom. The maximum Gasteiger partial charge on any atom is 0.249 e. The standard InChI is InChI=1S/C13H25NO3/c1-3-7-13(16,8-4-2)10-14-12(15)11-6-5-9-17-11/h11,16H,3-10H2,1-2H3,(H,14,15). The maximum atomic E-state index is 11.8. The van der Waals surface area contributed by atoms with Gasteiger partial charge in [-0.1, -0.05) is 26.7 Å². The monoisotopic (exact) mass is 243 g/mol. The van der Waals surface area contributed by atoms with Gasteiger partial charge in [-0.3, -0.25) is 4.79 Å². The summed E-state index contributed by atoms with van der Waals surface area (Å²) in [6, 6.07) is 0. The number of carbonyl (C=O) groups excluding carboxylic acids is 1. The van der Waals surface area contributed by atoms with E-state index < -0.39 is 5.60 Å². The van der Waals surface area contributed by atoms with E-state index >= 15 is 0 Å². The van der Waals surface area contributed by atoms with Gasteiger partial charge < -0.3 is 15.2 Å². The van der Waals surface area contributed by atoms with Gasteiger partial charge in [-0.15, -0.1) is 0 Å². The van der Waals surface area contributed by atoms with Gasteiger partial charge in [0.1, 0.15) is 6.10 Å². The SMILES string of the molecule is CCCC(O)(CCC)CNC(=O)C1CCCO1. The average molecular weight is 243 g/mol. The van der Waals surface area contributed by atoms with Crippen LogP contribution in [0.5, 0.6) is 0 Å². The zero-order chi connectivity index (χ0) is 12.7. The minimum absolute atomic E-state index is 0.0758. The number of ether oxygens (including phenoxy) is 1. The third-order valence-electron chi connectivity index (χ3n) is 3.24. The smallest absolute Gasteiger partial charge is 0.249 e. The van der Waals surface area contributed by atoms with E-state index in [1.807, 2.05) is 13.8 Å². The van der Waals surface area contributed by atoms with Crippen LogP contribution in [0.4, 0.5) is 0 Å². The molecule has 0 aromatic heterocycles. The molecule has 1 heterocycles. The van der Waals surface area contributed by atoms with Gasteiger partial charge in [0.05, 0.1) is 5.60 Å². The Bertz CT molecular complexity index is 231. The van der Waals surface area contributed by atoms with Crippen LogP contribution in [0.25, 0.3) is 0 Å². The summed E-state index contributed by atoms with van der Waals surface area (Å²) in [7, 11) is 0. The fourth-order valence-electron chi connectivity index (χ4n) is 2.38. The van der Waals surface area contributed by atoms with Crippen LogP contribution >= 0.6 is 0 Å². The fraction of sp³-hybridized carbons (Fsp3) is 0.923. The van der Waals surface area contributed by atoms with Crippen molar-refractivity contribution in [3.05, 3.63) is 0 Å². The van der Waals surface area contributed by atoms with Gasteiger partial charge in [-0.25, -0.2) is 0 Å². The number of hydrogen-bond donors (Lipinski definition) is 2. The summed E-state index contributed by atoms with van der Waals surface area (Å²) in [5.74, 6) is -0.0758. The Balaban J connectivity index is 2.37. The van der Waals surface area contributed by atoms with Crippen molar-refractivity contribution in [1.82, 2.24) is 5.32 Å². The van der Waals surface area contributed by atoms with E-state index in [4.69, 9.17) is 4.74 Å². The first-order valence-electron chi connectivity index (χ1n) is 6.73. The van der Waals surface area contributed by atoms with Gasteiger partial charge in [0, 0.05) is 13.2 Å². The number of hydrogen-bond acceptors (Lipinski definition) is 3. The van der Waals surface area contributed by atoms with Crippen molar-refractivity contribution in [3.63, 3.8) is 0 Å². The van der Waals surface area contributed by atoms with Crippen molar-refractivity contribution in [2.75, 3.05) is 13.2 Å². The highest BCUT2D eigenvalue weighted by molar-refractivity contribution is 5.81. The molecule has 17 heavy (non-hydrogen) atoms. The average Bonchev–Trinajstić information content (AvgIpc) is 2.80. The molecule has 0 spiro atoms. The van der Waals surface area contributed by atoms with Crippen LogP contribution in [0.3, 0.4) is 0 Å². The number of amides is 1. The van der Waals surface area contributed by atoms with Crippen LogP contribution in [-0.2, 0) is 9.53 Å². The molecule has 0 aromatic carbocycles. The highest BCUT2D eigenvalue weighted by atomic mass is 16.5. The Morgan fingerprint density at radius 3 is 2.53 bits per heavy atom. The van der Waals surface area contributed by atoms with Crippen LogP contribution in [0.1, 0.15) is 52.4 Å². The fourth-order valence-corrected chi connectivity index (χ4v) is 2.38. The van der Waals surface area contributed by atoms with Gasteiger partial charge >= 0.3 is 0 Å². The quantitative estimate of drug-likeness (QED) is 0.714. The van der Waals surface area contributed by atoms with E-state index in [0.29, 0.717) is 13.2 Å². The maximum absolute atomic E-state index is 11.8. The van der Waals surface area contributed by atoms with Crippen molar-refractivity contribution in [2.24, 2.45) is 0 Å². The highest BCUT2D eigenvalue weighted by Crippen LogP contribution is 2.19. The molecule has 4 nitrogen and oxygen atoms in total. The molecule has 0 saturated carbocycles. The molecule has 4 heteroatoms. The summed E-state index contributed by atoms with van der Waals surface area (Å²) >= 11 is 0. The second-order valence-corrected chi connectivity index (χ2v) is 4.94. The van der Waals surface area contributed by atoms with E-state index in [2.05, 4.69) is 5.32 Å². The van der Waals surface area contributed by atoms with Gasteiger partial charge in [-0.2, -0.15) is 0 Å². The van der Waals surface area contributed by atoms with Crippen molar-refractivity contribution in [2.45, 2.75) is 64.1 Å². The molecule has 0 aromatic rings. The lowest BCUT2D eigenvalue weighted by Crippen LogP contribution is -2.45. The van der Waals surface area contributed by atoms with E-state index in [1.165, 1.54) is 0 Å². The molecule has 0 bridgehead atoms. The second kappa shape index (κ2) is 6.97. The minimum Gasteiger partial charge on any atom is -0.388 e. The van der Waals surface area contributed by atoms with Gasteiger partial charge in [0.2, 0.25) is 5.91 Å². The molecule has 1 amide bonds. The van der Waals surface area contributed by atoms with Crippen molar-refractivity contribution < 1.29 is 14.6 Å². The summed E-state index contributed by atoms with van der Waals surface area (Å²) in [6.45, 7) is 5.10. The van der Waals surface area contributed by atoms with Crippen molar-refractivity contribution >= 4 is 5.91 Å². The lowest BCUT2D eigenvalue weighted by Gasteiger charge is -2.28. The van der Waals surface area contributed by atoms with Crippen molar-refractivity contribution in [3.8, 4) is 0 Å². The first-order valence-corrected chi connectivity index (χ1v) is 6.73. The van der Waals surface area contributed by atoms with Crippen LogP contribution in [-0.4, -0.2) is 35.9 Å². The Labute approximate surface area is 104 Å². The lowest BCUT2D eigenvalue weighted by molar-refractivity contribution is -0.131. The molecule has 0 radical (unpaired) electrons. The summed E-state index contributed by atoms with van der Waals surface area (Å²) in [5.41, 5.74) is -0.752. The Hall–Kier alpha value is -0.610. The summed E-state index contributed by atoms with van der Waals surface area (Å²) < 4.78 is 5.31. The first-order chi connectivity index (χ1) is 8.11. The van der Waals surface area contributed by atoms with Crippen molar-refractivity contribution in [1.29, 1.82) is 0 Å². The lowest BCUT2D eigenvalue weighted by atomic mass is 9.92. The molecule has 1 rings (SSSR count). The molecule has 0 aliphatic carbocycles. The molecule has 1 aliphatic heterocycles. The summed E-state index contributed by atoms with van der Waals surface area (Å²) in [4.78, 5) is 11.8. The Morgan fingerprint density at radius 1 is 1.41 bits per heavy atom. The largest absolute Gasteiger partial charge is 0.388 e. The molecule has 1 fully saturated rings. The molecule has 1 aliphatic rings. The number of nitrogens with one attached hydrogen (secondary N) is 1. The van der Waals surface area contributed by atoms with E-state index in [9.17, 15) is 9.90 Å². The van der Waals surface area contributed by atoms with Crippen LogP contribution < -0.4 is 5.32 Å². The molecule has 1 unspecified atom stereocenters. The minimum atomic E-state index is -0.752. The zero-order valence-electron chi connectivity index (χ0n) is 11.0. The molecule has 1 atom stereocenters.